The molecule has 0 amide bonds. The van der Waals surface area contributed by atoms with Crippen molar-refractivity contribution < 1.29 is 4.92 Å². The summed E-state index contributed by atoms with van der Waals surface area (Å²) in [5.74, 6) is 0. The zero-order chi connectivity index (χ0) is 10.9. The van der Waals surface area contributed by atoms with Crippen molar-refractivity contribution in [2.45, 2.75) is 26.2 Å². The third kappa shape index (κ3) is 2.43. The maximum Gasteiger partial charge on any atom is 0.274 e. The van der Waals surface area contributed by atoms with Crippen LogP contribution in [0, 0.1) is 13.7 Å². The molecule has 0 N–H and O–H groups in total. The van der Waals surface area contributed by atoms with Crippen LogP contribution in [0.2, 0.25) is 0 Å². The molecule has 76 valence electrons. The Morgan fingerprint density at radius 3 is 2.36 bits per heavy atom. The first kappa shape index (κ1) is 11.4. The van der Waals surface area contributed by atoms with E-state index in [1.54, 1.807) is 6.07 Å². The van der Waals surface area contributed by atoms with Crippen LogP contribution in [-0.4, -0.2) is 4.92 Å². The summed E-state index contributed by atoms with van der Waals surface area (Å²) in [5.41, 5.74) is 0.805. The fraction of sp³-hybridized carbons (Fsp3) is 0.400. The van der Waals surface area contributed by atoms with Gasteiger partial charge in [0.2, 0.25) is 0 Å². The highest BCUT2D eigenvalue weighted by Gasteiger charge is 2.24. The van der Waals surface area contributed by atoms with E-state index in [4.69, 9.17) is 0 Å². The molecule has 3 nitrogen and oxygen atoms in total. The quantitative estimate of drug-likeness (QED) is 0.453. The zero-order valence-electron chi connectivity index (χ0n) is 8.37. The van der Waals surface area contributed by atoms with Crippen molar-refractivity contribution in [3.8, 4) is 0 Å². The summed E-state index contributed by atoms with van der Waals surface area (Å²) < 4.78 is 0.891. The molecular formula is C10H12INO2. The van der Waals surface area contributed by atoms with E-state index in [-0.39, 0.29) is 16.0 Å². The van der Waals surface area contributed by atoms with Crippen LogP contribution in [0.1, 0.15) is 26.3 Å². The normalized spacial score (nSPS) is 11.4. The maximum absolute atomic E-state index is 10.8. The van der Waals surface area contributed by atoms with Gasteiger partial charge in [0.15, 0.2) is 0 Å². The molecule has 4 heteroatoms. The highest BCUT2D eigenvalue weighted by Crippen LogP contribution is 2.31. The summed E-state index contributed by atoms with van der Waals surface area (Å²) >= 11 is 2.08. The van der Waals surface area contributed by atoms with Crippen LogP contribution in [0.3, 0.4) is 0 Å². The lowest BCUT2D eigenvalue weighted by Gasteiger charge is -2.18. The Balaban J connectivity index is 3.37. The summed E-state index contributed by atoms with van der Waals surface area (Å²) in [7, 11) is 0. The highest BCUT2D eigenvalue weighted by atomic mass is 127. The smallest absolute Gasteiger partial charge is 0.258 e. The Bertz CT molecular complexity index is 369. The fourth-order valence-electron chi connectivity index (χ4n) is 1.29. The Kier molecular flexibility index (Phi) is 3.14. The van der Waals surface area contributed by atoms with Gasteiger partial charge in [-0.2, -0.15) is 0 Å². The Hall–Kier alpha value is -0.650. The van der Waals surface area contributed by atoms with E-state index in [2.05, 4.69) is 22.6 Å². The number of nitro groups is 1. The fourth-order valence-corrected chi connectivity index (χ4v) is 1.76. The molecule has 14 heavy (non-hydrogen) atoms. The van der Waals surface area contributed by atoms with E-state index in [0.717, 1.165) is 9.13 Å². The minimum Gasteiger partial charge on any atom is -0.258 e. The number of benzene rings is 1. The zero-order valence-corrected chi connectivity index (χ0v) is 10.5. The highest BCUT2D eigenvalue weighted by molar-refractivity contribution is 14.1. The summed E-state index contributed by atoms with van der Waals surface area (Å²) in [6.45, 7) is 5.92. The monoisotopic (exact) mass is 305 g/mol. The van der Waals surface area contributed by atoms with Crippen LogP contribution < -0.4 is 0 Å². The average Bonchev–Trinajstić information content (AvgIpc) is 2.01. The molecule has 1 aromatic rings. The third-order valence-electron chi connectivity index (χ3n) is 1.96. The van der Waals surface area contributed by atoms with Gasteiger partial charge in [-0.1, -0.05) is 26.8 Å². The van der Waals surface area contributed by atoms with Gasteiger partial charge in [0.05, 0.1) is 4.92 Å². The minimum absolute atomic E-state index is 0.188. The van der Waals surface area contributed by atoms with Crippen LogP contribution in [0.4, 0.5) is 5.69 Å². The maximum atomic E-state index is 10.8. The van der Waals surface area contributed by atoms with Crippen LogP contribution in [0.15, 0.2) is 18.2 Å². The molecule has 0 aliphatic heterocycles. The van der Waals surface area contributed by atoms with Crippen molar-refractivity contribution in [2.24, 2.45) is 0 Å². The molecule has 0 radical (unpaired) electrons. The largest absolute Gasteiger partial charge is 0.274 e. The van der Waals surface area contributed by atoms with E-state index in [1.807, 2.05) is 32.9 Å². The topological polar surface area (TPSA) is 43.1 Å². The summed E-state index contributed by atoms with van der Waals surface area (Å²) in [6, 6.07) is 5.34. The Morgan fingerprint density at radius 1 is 1.36 bits per heavy atom. The molecule has 0 spiro atoms. The van der Waals surface area contributed by atoms with Crippen LogP contribution in [-0.2, 0) is 5.41 Å². The van der Waals surface area contributed by atoms with E-state index in [1.165, 1.54) is 0 Å². The Morgan fingerprint density at radius 2 is 1.93 bits per heavy atom. The van der Waals surface area contributed by atoms with Gasteiger partial charge in [-0.3, -0.25) is 10.1 Å². The van der Waals surface area contributed by atoms with Gasteiger partial charge in [-0.05, 0) is 34.1 Å². The first-order valence-electron chi connectivity index (χ1n) is 4.27. The van der Waals surface area contributed by atoms with E-state index in [0.29, 0.717) is 0 Å². The standard InChI is InChI=1S/C10H12INO2/c1-10(2,3)8-5-4-7(11)6-9(8)12(13)14/h4-6H,1-3H3. The van der Waals surface area contributed by atoms with Crippen molar-refractivity contribution in [3.05, 3.63) is 37.4 Å². The minimum atomic E-state index is -0.317. The molecule has 0 atom stereocenters. The predicted octanol–water partition coefficient (Wildman–Crippen LogP) is 3.50. The van der Waals surface area contributed by atoms with Gasteiger partial charge in [-0.15, -0.1) is 0 Å². The molecular weight excluding hydrogens is 293 g/mol. The van der Waals surface area contributed by atoms with Gasteiger partial charge in [0.25, 0.3) is 5.69 Å². The van der Waals surface area contributed by atoms with Gasteiger partial charge in [-0.25, -0.2) is 0 Å². The second-order valence-corrected chi connectivity index (χ2v) is 5.41. The molecule has 1 rings (SSSR count). The first-order chi connectivity index (χ1) is 6.32. The number of nitro benzene ring substituents is 1. The van der Waals surface area contributed by atoms with Gasteiger partial charge < -0.3 is 0 Å². The predicted molar refractivity (Wildman–Crippen MR) is 64.5 cm³/mol. The van der Waals surface area contributed by atoms with E-state index in [9.17, 15) is 10.1 Å². The van der Waals surface area contributed by atoms with Crippen LogP contribution >= 0.6 is 22.6 Å². The molecule has 1 aromatic carbocycles. The second kappa shape index (κ2) is 3.84. The lowest BCUT2D eigenvalue weighted by molar-refractivity contribution is -0.386. The number of hydrogen-bond donors (Lipinski definition) is 0. The molecule has 0 unspecified atom stereocenters. The third-order valence-corrected chi connectivity index (χ3v) is 2.64. The summed E-state index contributed by atoms with van der Waals surface area (Å²) in [6.07, 6.45) is 0. The SMILES string of the molecule is CC(C)(C)c1ccc(I)cc1[N+](=O)[O-]. The van der Waals surface area contributed by atoms with Crippen molar-refractivity contribution >= 4 is 28.3 Å². The summed E-state index contributed by atoms with van der Waals surface area (Å²) in [5, 5.41) is 10.8. The number of hydrogen-bond acceptors (Lipinski definition) is 2. The molecule has 0 aromatic heterocycles. The molecule has 0 bridgehead atoms. The lowest BCUT2D eigenvalue weighted by atomic mass is 9.86. The Labute approximate surface area is 96.8 Å². The van der Waals surface area contributed by atoms with Gasteiger partial charge >= 0.3 is 0 Å². The van der Waals surface area contributed by atoms with Crippen molar-refractivity contribution in [2.75, 3.05) is 0 Å². The van der Waals surface area contributed by atoms with Crippen LogP contribution in [0.5, 0.6) is 0 Å². The first-order valence-corrected chi connectivity index (χ1v) is 5.34. The molecule has 0 aliphatic carbocycles. The molecule has 0 saturated heterocycles. The van der Waals surface area contributed by atoms with Gasteiger partial charge in [0.1, 0.15) is 0 Å². The molecule has 0 saturated carbocycles. The van der Waals surface area contributed by atoms with Crippen molar-refractivity contribution in [1.82, 2.24) is 0 Å². The molecule has 0 heterocycles. The lowest BCUT2D eigenvalue weighted by Crippen LogP contribution is -2.13. The molecule has 0 fully saturated rings. The summed E-state index contributed by atoms with van der Waals surface area (Å²) in [4.78, 5) is 10.5. The van der Waals surface area contributed by atoms with Gasteiger partial charge in [0, 0.05) is 15.2 Å². The number of halogens is 1. The van der Waals surface area contributed by atoms with Crippen molar-refractivity contribution in [3.63, 3.8) is 0 Å². The van der Waals surface area contributed by atoms with E-state index >= 15 is 0 Å². The molecule has 0 aliphatic rings. The average molecular weight is 305 g/mol. The van der Waals surface area contributed by atoms with Crippen molar-refractivity contribution in [1.29, 1.82) is 0 Å². The second-order valence-electron chi connectivity index (χ2n) is 4.17. The number of rotatable bonds is 1. The number of nitrogens with zero attached hydrogens (tertiary/aromatic N) is 1. The van der Waals surface area contributed by atoms with Crippen LogP contribution in [0.25, 0.3) is 0 Å². The van der Waals surface area contributed by atoms with E-state index < -0.39 is 0 Å².